The number of aromatic nitrogens is 2. The molecule has 0 radical (unpaired) electrons. The zero-order valence-electron chi connectivity index (χ0n) is 9.66. The fourth-order valence-corrected chi connectivity index (χ4v) is 1.50. The molecule has 1 aromatic heterocycles. The van der Waals surface area contributed by atoms with Gasteiger partial charge in [-0.05, 0) is 20.8 Å². The summed E-state index contributed by atoms with van der Waals surface area (Å²) in [6, 6.07) is -0.714. The Morgan fingerprint density at radius 1 is 1.62 bits per heavy atom. The van der Waals surface area contributed by atoms with Crippen LogP contribution in [0.5, 0.6) is 0 Å². The van der Waals surface area contributed by atoms with E-state index in [1.54, 1.807) is 11.6 Å². The van der Waals surface area contributed by atoms with E-state index in [1.165, 1.54) is 0 Å². The van der Waals surface area contributed by atoms with Crippen LogP contribution in [0.1, 0.15) is 18.3 Å². The monoisotopic (exact) mass is 245 g/mol. The topological polar surface area (TPSA) is 70.1 Å². The summed E-state index contributed by atoms with van der Waals surface area (Å²) < 4.78 is 6.44. The summed E-state index contributed by atoms with van der Waals surface area (Å²) in [6.45, 7) is 5.98. The first-order valence-corrected chi connectivity index (χ1v) is 5.46. The van der Waals surface area contributed by atoms with Crippen LogP contribution >= 0.6 is 11.6 Å². The minimum atomic E-state index is -0.714. The predicted octanol–water partition coefficient (Wildman–Crippen LogP) is 1.04. The Hall–Kier alpha value is -1.07. The molecule has 1 unspecified atom stereocenters. The van der Waals surface area contributed by atoms with Gasteiger partial charge in [-0.2, -0.15) is 5.10 Å². The lowest BCUT2D eigenvalue weighted by molar-refractivity contribution is -0.145. The number of carbonyl (C=O) groups excluding carboxylic acids is 1. The van der Waals surface area contributed by atoms with E-state index < -0.39 is 12.0 Å². The van der Waals surface area contributed by atoms with Crippen LogP contribution in [0.2, 0.25) is 5.02 Å². The third kappa shape index (κ3) is 2.74. The Kier molecular flexibility index (Phi) is 4.32. The predicted molar refractivity (Wildman–Crippen MR) is 61.3 cm³/mol. The van der Waals surface area contributed by atoms with Crippen LogP contribution in [-0.2, 0) is 16.1 Å². The van der Waals surface area contributed by atoms with E-state index in [0.29, 0.717) is 11.6 Å². The number of hydrogen-bond donors (Lipinski definition) is 1. The molecule has 1 heterocycles. The van der Waals surface area contributed by atoms with Gasteiger partial charge in [0.25, 0.3) is 0 Å². The first-order chi connectivity index (χ1) is 7.47. The van der Waals surface area contributed by atoms with Crippen molar-refractivity contribution in [1.29, 1.82) is 0 Å². The molecule has 0 aliphatic rings. The van der Waals surface area contributed by atoms with Gasteiger partial charge in [-0.3, -0.25) is 9.48 Å². The van der Waals surface area contributed by atoms with Gasteiger partial charge in [0.1, 0.15) is 6.04 Å². The lowest BCUT2D eigenvalue weighted by Crippen LogP contribution is -2.37. The van der Waals surface area contributed by atoms with Crippen molar-refractivity contribution < 1.29 is 9.53 Å². The summed E-state index contributed by atoms with van der Waals surface area (Å²) in [7, 11) is 0. The second-order valence-corrected chi connectivity index (χ2v) is 3.90. The number of rotatable bonds is 4. The summed E-state index contributed by atoms with van der Waals surface area (Å²) in [5.74, 6) is -0.425. The maximum Gasteiger partial charge on any atom is 0.324 e. The van der Waals surface area contributed by atoms with Gasteiger partial charge in [0.05, 0.1) is 29.6 Å². The van der Waals surface area contributed by atoms with Crippen LogP contribution in [-0.4, -0.2) is 28.4 Å². The molecule has 0 aliphatic heterocycles. The Morgan fingerprint density at radius 2 is 2.25 bits per heavy atom. The van der Waals surface area contributed by atoms with Crippen molar-refractivity contribution in [3.8, 4) is 0 Å². The average molecular weight is 246 g/mol. The number of esters is 1. The maximum absolute atomic E-state index is 11.3. The van der Waals surface area contributed by atoms with Gasteiger partial charge in [0.2, 0.25) is 0 Å². The number of nitrogens with two attached hydrogens (primary N) is 1. The Morgan fingerprint density at radius 3 is 2.69 bits per heavy atom. The van der Waals surface area contributed by atoms with E-state index in [1.807, 2.05) is 13.8 Å². The number of halogens is 1. The summed E-state index contributed by atoms with van der Waals surface area (Å²) >= 11 is 5.98. The van der Waals surface area contributed by atoms with Gasteiger partial charge in [0, 0.05) is 0 Å². The number of aryl methyl sites for hydroxylation is 1. The van der Waals surface area contributed by atoms with Crippen molar-refractivity contribution in [3.05, 3.63) is 16.4 Å². The largest absolute Gasteiger partial charge is 0.465 e. The molecule has 0 amide bonds. The molecule has 0 aliphatic carbocycles. The highest BCUT2D eigenvalue weighted by atomic mass is 35.5. The Labute approximate surface area is 99.5 Å². The highest BCUT2D eigenvalue weighted by Gasteiger charge is 2.18. The van der Waals surface area contributed by atoms with E-state index >= 15 is 0 Å². The summed E-state index contributed by atoms with van der Waals surface area (Å²) in [5, 5.41) is 4.80. The second-order valence-electron chi connectivity index (χ2n) is 3.53. The van der Waals surface area contributed by atoms with Crippen LogP contribution < -0.4 is 5.73 Å². The van der Waals surface area contributed by atoms with Crippen LogP contribution in [0.4, 0.5) is 0 Å². The minimum absolute atomic E-state index is 0.276. The van der Waals surface area contributed by atoms with Gasteiger partial charge in [-0.1, -0.05) is 11.6 Å². The average Bonchev–Trinajstić information content (AvgIpc) is 2.47. The minimum Gasteiger partial charge on any atom is -0.465 e. The van der Waals surface area contributed by atoms with E-state index in [0.717, 1.165) is 11.4 Å². The molecule has 5 nitrogen and oxygen atoms in total. The summed E-state index contributed by atoms with van der Waals surface area (Å²) in [4.78, 5) is 11.3. The maximum atomic E-state index is 11.3. The lowest BCUT2D eigenvalue weighted by Gasteiger charge is -2.11. The van der Waals surface area contributed by atoms with Crippen LogP contribution in [0.25, 0.3) is 0 Å². The molecule has 0 fully saturated rings. The molecular weight excluding hydrogens is 230 g/mol. The van der Waals surface area contributed by atoms with Crippen molar-refractivity contribution in [2.24, 2.45) is 5.73 Å². The second kappa shape index (κ2) is 5.32. The molecule has 1 atom stereocenters. The van der Waals surface area contributed by atoms with Gasteiger partial charge >= 0.3 is 5.97 Å². The quantitative estimate of drug-likeness (QED) is 0.805. The number of carbonyl (C=O) groups is 1. The molecule has 2 N–H and O–H groups in total. The van der Waals surface area contributed by atoms with Gasteiger partial charge < -0.3 is 10.5 Å². The van der Waals surface area contributed by atoms with Gasteiger partial charge in [0.15, 0.2) is 0 Å². The zero-order valence-corrected chi connectivity index (χ0v) is 10.4. The smallest absolute Gasteiger partial charge is 0.324 e. The Bertz CT molecular complexity index is 390. The molecule has 0 bridgehead atoms. The standard InChI is InChI=1S/C10H16ClN3O2/c1-4-16-10(15)8(12)5-14-7(3)9(11)6(2)13-14/h8H,4-5,12H2,1-3H3. The fourth-order valence-electron chi connectivity index (χ4n) is 1.36. The third-order valence-electron chi connectivity index (χ3n) is 2.25. The highest BCUT2D eigenvalue weighted by molar-refractivity contribution is 6.31. The van der Waals surface area contributed by atoms with Crippen LogP contribution in [0.15, 0.2) is 0 Å². The normalized spacial score (nSPS) is 12.6. The number of ether oxygens (including phenoxy) is 1. The first kappa shape index (κ1) is 13.0. The van der Waals surface area contributed by atoms with Crippen LogP contribution in [0, 0.1) is 13.8 Å². The lowest BCUT2D eigenvalue weighted by atomic mass is 10.3. The fraction of sp³-hybridized carbons (Fsp3) is 0.600. The SMILES string of the molecule is CCOC(=O)C(N)Cn1nc(C)c(Cl)c1C. The van der Waals surface area contributed by atoms with Gasteiger partial charge in [-0.25, -0.2) is 0 Å². The molecule has 0 spiro atoms. The van der Waals surface area contributed by atoms with E-state index in [2.05, 4.69) is 5.10 Å². The third-order valence-corrected chi connectivity index (χ3v) is 2.80. The summed E-state index contributed by atoms with van der Waals surface area (Å²) in [5.41, 5.74) is 7.22. The van der Waals surface area contributed by atoms with E-state index in [9.17, 15) is 4.79 Å². The number of hydrogen-bond acceptors (Lipinski definition) is 4. The van der Waals surface area contributed by atoms with E-state index in [4.69, 9.17) is 22.1 Å². The summed E-state index contributed by atoms with van der Waals surface area (Å²) in [6.07, 6.45) is 0. The number of nitrogens with zero attached hydrogens (tertiary/aromatic N) is 2. The Balaban J connectivity index is 2.73. The molecular formula is C10H16ClN3O2. The van der Waals surface area contributed by atoms with Crippen molar-refractivity contribution in [2.75, 3.05) is 6.61 Å². The molecule has 0 saturated heterocycles. The zero-order chi connectivity index (χ0) is 12.3. The van der Waals surface area contributed by atoms with Crippen molar-refractivity contribution in [3.63, 3.8) is 0 Å². The molecule has 90 valence electrons. The highest BCUT2D eigenvalue weighted by Crippen LogP contribution is 2.18. The first-order valence-electron chi connectivity index (χ1n) is 5.09. The van der Waals surface area contributed by atoms with Crippen molar-refractivity contribution in [1.82, 2.24) is 9.78 Å². The van der Waals surface area contributed by atoms with Crippen molar-refractivity contribution >= 4 is 17.6 Å². The molecule has 0 aromatic carbocycles. The molecule has 0 saturated carbocycles. The molecule has 1 rings (SSSR count). The van der Waals surface area contributed by atoms with Crippen LogP contribution in [0.3, 0.4) is 0 Å². The molecule has 1 aromatic rings. The molecule has 16 heavy (non-hydrogen) atoms. The van der Waals surface area contributed by atoms with E-state index in [-0.39, 0.29) is 6.54 Å². The van der Waals surface area contributed by atoms with Crippen molar-refractivity contribution in [2.45, 2.75) is 33.4 Å². The molecule has 6 heteroatoms. The van der Waals surface area contributed by atoms with Gasteiger partial charge in [-0.15, -0.1) is 0 Å².